The predicted molar refractivity (Wildman–Crippen MR) is 96.5 cm³/mol. The van der Waals surface area contributed by atoms with E-state index in [9.17, 15) is 32.3 Å². The molecule has 29 heavy (non-hydrogen) atoms. The highest BCUT2D eigenvalue weighted by molar-refractivity contribution is 6.31. The van der Waals surface area contributed by atoms with Gasteiger partial charge in [0, 0.05) is 19.9 Å². The van der Waals surface area contributed by atoms with Gasteiger partial charge in [0.05, 0.1) is 22.7 Å². The van der Waals surface area contributed by atoms with Crippen LogP contribution in [0, 0.1) is 0 Å². The molecule has 1 aliphatic heterocycles. The predicted octanol–water partition coefficient (Wildman–Crippen LogP) is 1.53. The van der Waals surface area contributed by atoms with Crippen molar-refractivity contribution in [3.8, 4) is 0 Å². The Morgan fingerprint density at radius 1 is 1.28 bits per heavy atom. The molecule has 0 spiro atoms. The Morgan fingerprint density at radius 3 is 2.59 bits per heavy atom. The molecule has 1 heterocycles. The quantitative estimate of drug-likeness (QED) is 0.343. The SMILES string of the molecule is CC(=O)NCCCC(=O)NNC1CC(=O)N(c2ccc(Cl)c(C(F)(F)F)c2)C1=O. The maximum absolute atomic E-state index is 13.0. The van der Waals surface area contributed by atoms with Crippen molar-refractivity contribution >= 4 is 40.9 Å². The molecule has 1 aromatic rings. The van der Waals surface area contributed by atoms with E-state index >= 15 is 0 Å². The third-order valence-corrected chi connectivity index (χ3v) is 4.33. The summed E-state index contributed by atoms with van der Waals surface area (Å²) in [6.07, 6.45) is -4.67. The van der Waals surface area contributed by atoms with Crippen LogP contribution in [0.2, 0.25) is 5.02 Å². The molecule has 3 N–H and O–H groups in total. The second-order valence-corrected chi connectivity index (χ2v) is 6.67. The van der Waals surface area contributed by atoms with Gasteiger partial charge in [-0.1, -0.05) is 11.6 Å². The molecule has 0 aliphatic carbocycles. The smallest absolute Gasteiger partial charge is 0.356 e. The van der Waals surface area contributed by atoms with Crippen LogP contribution < -0.4 is 21.1 Å². The fourth-order valence-corrected chi connectivity index (χ4v) is 2.85. The van der Waals surface area contributed by atoms with Crippen molar-refractivity contribution < 1.29 is 32.3 Å². The number of carbonyl (C=O) groups is 4. The highest BCUT2D eigenvalue weighted by atomic mass is 35.5. The van der Waals surface area contributed by atoms with Gasteiger partial charge in [0.25, 0.3) is 5.91 Å². The molecule has 8 nitrogen and oxygen atoms in total. The number of alkyl halides is 3. The van der Waals surface area contributed by atoms with Crippen molar-refractivity contribution in [1.82, 2.24) is 16.2 Å². The van der Waals surface area contributed by atoms with Crippen molar-refractivity contribution in [1.29, 1.82) is 0 Å². The molecule has 0 aromatic heterocycles. The average molecular weight is 435 g/mol. The molecule has 0 bridgehead atoms. The summed E-state index contributed by atoms with van der Waals surface area (Å²) in [5.41, 5.74) is 3.27. The summed E-state index contributed by atoms with van der Waals surface area (Å²) < 4.78 is 39.0. The number of hydrazine groups is 1. The van der Waals surface area contributed by atoms with Crippen LogP contribution >= 0.6 is 11.6 Å². The van der Waals surface area contributed by atoms with Gasteiger partial charge < -0.3 is 5.32 Å². The Kier molecular flexibility index (Phi) is 7.20. The minimum atomic E-state index is -4.75. The number of hydrogen-bond donors (Lipinski definition) is 3. The number of halogens is 4. The zero-order chi connectivity index (χ0) is 21.8. The van der Waals surface area contributed by atoms with Crippen LogP contribution in [-0.2, 0) is 25.4 Å². The standard InChI is InChI=1S/C17H18ClF3N4O4/c1-9(26)22-6-2-3-14(27)24-23-13-8-15(28)25(16(13)29)10-4-5-12(18)11(7-10)17(19,20)21/h4-5,7,13,23H,2-3,6,8H2,1H3,(H,22,26)(H,24,27). The molecule has 1 fully saturated rings. The molecule has 1 unspecified atom stereocenters. The van der Waals surface area contributed by atoms with Gasteiger partial charge in [-0.25, -0.2) is 10.3 Å². The Balaban J connectivity index is 1.98. The fourth-order valence-electron chi connectivity index (χ4n) is 2.63. The molecular weight excluding hydrogens is 417 g/mol. The number of imide groups is 1. The second kappa shape index (κ2) is 9.23. The number of benzene rings is 1. The van der Waals surface area contributed by atoms with Crippen LogP contribution in [0.15, 0.2) is 18.2 Å². The molecule has 1 aliphatic rings. The van der Waals surface area contributed by atoms with Crippen molar-refractivity contribution in [2.24, 2.45) is 0 Å². The molecule has 0 radical (unpaired) electrons. The van der Waals surface area contributed by atoms with Crippen LogP contribution in [0.25, 0.3) is 0 Å². The van der Waals surface area contributed by atoms with Crippen LogP contribution in [0.3, 0.4) is 0 Å². The van der Waals surface area contributed by atoms with Crippen LogP contribution in [-0.4, -0.2) is 36.2 Å². The number of rotatable bonds is 7. The first-order valence-corrected chi connectivity index (χ1v) is 8.91. The first-order chi connectivity index (χ1) is 13.5. The van der Waals surface area contributed by atoms with E-state index < -0.39 is 40.5 Å². The summed E-state index contributed by atoms with van der Waals surface area (Å²) in [5, 5.41) is 1.97. The molecule has 1 aromatic carbocycles. The molecule has 158 valence electrons. The van der Waals surface area contributed by atoms with Crippen LogP contribution in [0.5, 0.6) is 0 Å². The minimum absolute atomic E-state index is 0.0535. The van der Waals surface area contributed by atoms with E-state index in [0.717, 1.165) is 12.1 Å². The number of carbonyl (C=O) groups excluding carboxylic acids is 4. The Labute approximate surface area is 168 Å². The number of amides is 4. The van der Waals surface area contributed by atoms with E-state index in [1.165, 1.54) is 6.92 Å². The third-order valence-electron chi connectivity index (χ3n) is 4.00. The third kappa shape index (κ3) is 5.91. The zero-order valence-corrected chi connectivity index (χ0v) is 16.0. The van der Waals surface area contributed by atoms with Gasteiger partial charge in [0.2, 0.25) is 17.7 Å². The van der Waals surface area contributed by atoms with Gasteiger partial charge in [0.1, 0.15) is 6.04 Å². The molecular formula is C17H18ClF3N4O4. The number of anilines is 1. The molecule has 0 saturated carbocycles. The van der Waals surface area contributed by atoms with Gasteiger partial charge in [-0.05, 0) is 24.6 Å². The zero-order valence-electron chi connectivity index (χ0n) is 15.2. The average Bonchev–Trinajstić information content (AvgIpc) is 2.90. The Bertz CT molecular complexity index is 831. The maximum Gasteiger partial charge on any atom is 0.417 e. The van der Waals surface area contributed by atoms with Crippen molar-refractivity contribution in [3.05, 3.63) is 28.8 Å². The van der Waals surface area contributed by atoms with E-state index in [0.29, 0.717) is 23.9 Å². The number of nitrogens with one attached hydrogen (secondary N) is 3. The van der Waals surface area contributed by atoms with E-state index in [1.54, 1.807) is 0 Å². The summed E-state index contributed by atoms with van der Waals surface area (Å²) in [4.78, 5) is 47.7. The molecule has 1 saturated heterocycles. The molecule has 2 rings (SSSR count). The number of hydrogen-bond acceptors (Lipinski definition) is 5. The summed E-state index contributed by atoms with van der Waals surface area (Å²) in [6.45, 7) is 1.64. The van der Waals surface area contributed by atoms with E-state index in [4.69, 9.17) is 11.6 Å². The summed E-state index contributed by atoms with van der Waals surface area (Å²) >= 11 is 5.55. The highest BCUT2D eigenvalue weighted by Crippen LogP contribution is 2.37. The Hall–Kier alpha value is -2.66. The first kappa shape index (κ1) is 22.6. The highest BCUT2D eigenvalue weighted by Gasteiger charge is 2.41. The van der Waals surface area contributed by atoms with Gasteiger partial charge >= 0.3 is 6.18 Å². The summed E-state index contributed by atoms with van der Waals surface area (Å²) in [5.74, 6) is -2.22. The van der Waals surface area contributed by atoms with Crippen molar-refractivity contribution in [2.75, 3.05) is 11.4 Å². The minimum Gasteiger partial charge on any atom is -0.356 e. The molecule has 1 atom stereocenters. The van der Waals surface area contributed by atoms with Crippen molar-refractivity contribution in [2.45, 2.75) is 38.4 Å². The molecule has 12 heteroatoms. The van der Waals surface area contributed by atoms with Gasteiger partial charge in [-0.15, -0.1) is 0 Å². The topological polar surface area (TPSA) is 108 Å². The van der Waals surface area contributed by atoms with Gasteiger partial charge in [0.15, 0.2) is 0 Å². The van der Waals surface area contributed by atoms with Gasteiger partial charge in [-0.3, -0.25) is 24.6 Å². The van der Waals surface area contributed by atoms with Crippen LogP contribution in [0.4, 0.5) is 18.9 Å². The summed E-state index contributed by atoms with van der Waals surface area (Å²) in [6, 6.07) is 1.60. The fraction of sp³-hybridized carbons (Fsp3) is 0.412. The van der Waals surface area contributed by atoms with E-state index in [1.807, 2.05) is 0 Å². The Morgan fingerprint density at radius 2 is 1.97 bits per heavy atom. The summed E-state index contributed by atoms with van der Waals surface area (Å²) in [7, 11) is 0. The molecule has 4 amide bonds. The first-order valence-electron chi connectivity index (χ1n) is 8.53. The van der Waals surface area contributed by atoms with Crippen LogP contribution in [0.1, 0.15) is 31.7 Å². The lowest BCUT2D eigenvalue weighted by atomic mass is 10.2. The maximum atomic E-state index is 13.0. The van der Waals surface area contributed by atoms with Crippen molar-refractivity contribution in [3.63, 3.8) is 0 Å². The monoisotopic (exact) mass is 434 g/mol. The van der Waals surface area contributed by atoms with E-state index in [2.05, 4.69) is 16.2 Å². The number of nitrogens with zero attached hydrogens (tertiary/aromatic N) is 1. The lowest BCUT2D eigenvalue weighted by molar-refractivity contribution is -0.137. The normalized spacial score (nSPS) is 16.9. The lowest BCUT2D eigenvalue weighted by Crippen LogP contribution is -2.48. The second-order valence-electron chi connectivity index (χ2n) is 6.27. The largest absolute Gasteiger partial charge is 0.417 e. The van der Waals surface area contributed by atoms with E-state index in [-0.39, 0.29) is 24.4 Å². The lowest BCUT2D eigenvalue weighted by Gasteiger charge is -2.18. The van der Waals surface area contributed by atoms with Gasteiger partial charge in [-0.2, -0.15) is 13.2 Å².